The fourth-order valence-electron chi connectivity index (χ4n) is 4.36. The Bertz CT molecular complexity index is 1620. The Labute approximate surface area is 239 Å². The van der Waals surface area contributed by atoms with Gasteiger partial charge in [0.1, 0.15) is 11.6 Å². The summed E-state index contributed by atoms with van der Waals surface area (Å²) in [7, 11) is -3.48. The molecule has 0 bridgehead atoms. The van der Waals surface area contributed by atoms with Gasteiger partial charge >= 0.3 is 0 Å². The van der Waals surface area contributed by atoms with E-state index in [1.54, 1.807) is 18.3 Å². The van der Waals surface area contributed by atoms with Crippen molar-refractivity contribution in [2.45, 2.75) is 57.2 Å². The summed E-state index contributed by atoms with van der Waals surface area (Å²) in [6.07, 6.45) is 8.11. The summed E-state index contributed by atoms with van der Waals surface area (Å²) < 4.78 is 26.0. The number of aromatic nitrogens is 5. The van der Waals surface area contributed by atoms with E-state index in [0.29, 0.717) is 59.6 Å². The summed E-state index contributed by atoms with van der Waals surface area (Å²) in [5.74, 6) is 1.40. The summed E-state index contributed by atoms with van der Waals surface area (Å²) in [6, 6.07) is 13.8. The van der Waals surface area contributed by atoms with Crippen molar-refractivity contribution >= 4 is 33.3 Å². The van der Waals surface area contributed by atoms with Crippen LogP contribution in [0, 0.1) is 0 Å². The van der Waals surface area contributed by atoms with Crippen molar-refractivity contribution in [3.63, 3.8) is 0 Å². The van der Waals surface area contributed by atoms with Crippen LogP contribution >= 0.6 is 0 Å². The molecule has 0 radical (unpaired) electrons. The Morgan fingerprint density at radius 3 is 2.56 bits per heavy atom. The van der Waals surface area contributed by atoms with E-state index in [2.05, 4.69) is 55.1 Å². The smallest absolute Gasteiger partial charge is 0.256 e. The first-order valence-corrected chi connectivity index (χ1v) is 15.2. The molecule has 5 rings (SSSR count). The molecule has 214 valence electrons. The van der Waals surface area contributed by atoms with Gasteiger partial charge in [0.15, 0.2) is 5.82 Å². The minimum atomic E-state index is -3.48. The maximum Gasteiger partial charge on any atom is 0.256 e. The predicted octanol–water partition coefficient (Wildman–Crippen LogP) is 4.56. The molecule has 3 N–H and O–H groups in total. The summed E-state index contributed by atoms with van der Waals surface area (Å²) >= 11 is 0. The quantitative estimate of drug-likeness (QED) is 0.222. The number of pyridine rings is 1. The van der Waals surface area contributed by atoms with Gasteiger partial charge < -0.3 is 16.0 Å². The highest BCUT2D eigenvalue weighted by molar-refractivity contribution is 7.90. The first kappa shape index (κ1) is 28.2. The highest BCUT2D eigenvalue weighted by Gasteiger charge is 2.37. The van der Waals surface area contributed by atoms with Gasteiger partial charge in [-0.2, -0.15) is 9.19 Å². The molecule has 1 fully saturated rings. The number of carbonyl (C=O) groups excluding carboxylic acids is 1. The van der Waals surface area contributed by atoms with E-state index < -0.39 is 10.0 Å². The average Bonchev–Trinajstić information content (AvgIpc) is 3.70. The van der Waals surface area contributed by atoms with Crippen LogP contribution in [0.5, 0.6) is 0 Å². The summed E-state index contributed by atoms with van der Waals surface area (Å²) in [5, 5.41) is 13.2. The molecular formula is C29H34N8O3S. The number of amides is 1. The van der Waals surface area contributed by atoms with Crippen LogP contribution in [0.1, 0.15) is 61.9 Å². The van der Waals surface area contributed by atoms with E-state index in [-0.39, 0.29) is 17.2 Å². The number of anilines is 3. The molecule has 0 aliphatic heterocycles. The zero-order valence-corrected chi connectivity index (χ0v) is 24.1. The monoisotopic (exact) mass is 574 g/mol. The third-order valence-electron chi connectivity index (χ3n) is 6.76. The van der Waals surface area contributed by atoms with Crippen LogP contribution in [0.2, 0.25) is 0 Å². The van der Waals surface area contributed by atoms with Gasteiger partial charge in [0.2, 0.25) is 0 Å². The molecule has 3 heterocycles. The second-order valence-corrected chi connectivity index (χ2v) is 12.6. The lowest BCUT2D eigenvalue weighted by Gasteiger charge is -2.17. The molecule has 4 aromatic rings. The molecule has 1 saturated carbocycles. The number of hydrogen-bond donors (Lipinski definition) is 3. The molecule has 1 unspecified atom stereocenters. The molecule has 3 aromatic heterocycles. The molecule has 0 saturated heterocycles. The number of benzene rings is 1. The predicted molar refractivity (Wildman–Crippen MR) is 159 cm³/mol. The number of carbonyl (C=O) groups is 1. The van der Waals surface area contributed by atoms with Gasteiger partial charge in [-0.05, 0) is 50.7 Å². The molecular weight excluding hydrogens is 540 g/mol. The first-order valence-electron chi connectivity index (χ1n) is 13.7. The van der Waals surface area contributed by atoms with Crippen molar-refractivity contribution in [1.82, 2.24) is 29.5 Å². The number of hydrogen-bond acceptors (Lipinski definition) is 9. The standard InChI is InChI=1S/C29H34N8O3S/c1-19(2)34-25-15-27(32-17-24(25)29(38)31-13-11-20(3)21-7-5-4-6-8-21)35-26-12-14-30-28(36-26)22-16-33-37(18-22)41(39,40)23-9-10-23/h4-8,12,14-20,23H,9-11,13H2,1-3H3,(H,31,38)(H2,30,32,34,35,36). The summed E-state index contributed by atoms with van der Waals surface area (Å²) in [6.45, 7) is 6.68. The van der Waals surface area contributed by atoms with Crippen molar-refractivity contribution in [2.24, 2.45) is 0 Å². The molecule has 1 amide bonds. The topological polar surface area (TPSA) is 144 Å². The fraction of sp³-hybridized carbons (Fsp3) is 0.345. The van der Waals surface area contributed by atoms with Gasteiger partial charge in [-0.3, -0.25) is 4.79 Å². The van der Waals surface area contributed by atoms with Crippen molar-refractivity contribution in [2.75, 3.05) is 17.2 Å². The highest BCUT2D eigenvalue weighted by atomic mass is 32.2. The van der Waals surface area contributed by atoms with Crippen molar-refractivity contribution in [3.05, 3.63) is 78.4 Å². The molecule has 11 nitrogen and oxygen atoms in total. The summed E-state index contributed by atoms with van der Waals surface area (Å²) in [5.41, 5.74) is 2.82. The average molecular weight is 575 g/mol. The lowest BCUT2D eigenvalue weighted by atomic mass is 9.98. The lowest BCUT2D eigenvalue weighted by molar-refractivity contribution is 0.0953. The molecule has 1 aliphatic rings. The highest BCUT2D eigenvalue weighted by Crippen LogP contribution is 2.30. The maximum atomic E-state index is 13.1. The van der Waals surface area contributed by atoms with E-state index in [4.69, 9.17) is 0 Å². The maximum absolute atomic E-state index is 13.1. The van der Waals surface area contributed by atoms with Gasteiger partial charge in [0, 0.05) is 31.0 Å². The van der Waals surface area contributed by atoms with Crippen molar-refractivity contribution in [3.8, 4) is 11.4 Å². The van der Waals surface area contributed by atoms with Crippen LogP contribution in [-0.2, 0) is 10.0 Å². The van der Waals surface area contributed by atoms with Gasteiger partial charge in [-0.1, -0.05) is 37.3 Å². The Morgan fingerprint density at radius 2 is 1.83 bits per heavy atom. The van der Waals surface area contributed by atoms with Crippen LogP contribution in [0.15, 0.2) is 67.3 Å². The first-order chi connectivity index (χ1) is 19.7. The van der Waals surface area contributed by atoms with Crippen LogP contribution in [0.3, 0.4) is 0 Å². The summed E-state index contributed by atoms with van der Waals surface area (Å²) in [4.78, 5) is 26.3. The minimum absolute atomic E-state index is 0.0870. The molecule has 12 heteroatoms. The van der Waals surface area contributed by atoms with Gasteiger partial charge in [0.25, 0.3) is 15.9 Å². The minimum Gasteiger partial charge on any atom is -0.382 e. The molecule has 1 aromatic carbocycles. The van der Waals surface area contributed by atoms with E-state index in [0.717, 1.165) is 10.5 Å². The third-order valence-corrected chi connectivity index (χ3v) is 8.80. The van der Waals surface area contributed by atoms with E-state index in [1.165, 1.54) is 24.2 Å². The number of nitrogens with zero attached hydrogens (tertiary/aromatic N) is 5. The van der Waals surface area contributed by atoms with Crippen molar-refractivity contribution < 1.29 is 13.2 Å². The van der Waals surface area contributed by atoms with Crippen LogP contribution in [0.4, 0.5) is 17.3 Å². The fourth-order valence-corrected chi connectivity index (χ4v) is 5.83. The largest absolute Gasteiger partial charge is 0.382 e. The van der Waals surface area contributed by atoms with Crippen LogP contribution in [-0.4, -0.2) is 56.3 Å². The Balaban J connectivity index is 1.27. The Kier molecular flexibility index (Phi) is 8.29. The van der Waals surface area contributed by atoms with Gasteiger partial charge in [0.05, 0.1) is 34.5 Å². The van der Waals surface area contributed by atoms with Crippen LogP contribution < -0.4 is 16.0 Å². The Hall–Kier alpha value is -4.32. The molecule has 0 spiro atoms. The molecule has 1 atom stereocenters. The normalized spacial score (nSPS) is 14.0. The van der Waals surface area contributed by atoms with Gasteiger partial charge in [-0.25, -0.2) is 23.4 Å². The Morgan fingerprint density at radius 1 is 1.05 bits per heavy atom. The lowest BCUT2D eigenvalue weighted by Crippen LogP contribution is -2.27. The van der Waals surface area contributed by atoms with E-state index >= 15 is 0 Å². The second kappa shape index (κ2) is 12.0. The van der Waals surface area contributed by atoms with Crippen LogP contribution in [0.25, 0.3) is 11.4 Å². The van der Waals surface area contributed by atoms with Crippen molar-refractivity contribution in [1.29, 1.82) is 0 Å². The zero-order valence-electron chi connectivity index (χ0n) is 23.3. The SMILES string of the molecule is CC(C)Nc1cc(Nc2ccnc(-c3cnn(S(=O)(=O)C4CC4)c3)n2)ncc1C(=O)NCCC(C)c1ccccc1. The zero-order chi connectivity index (χ0) is 29.0. The van der Waals surface area contributed by atoms with E-state index in [1.807, 2.05) is 32.0 Å². The third kappa shape index (κ3) is 6.88. The van der Waals surface area contributed by atoms with E-state index in [9.17, 15) is 13.2 Å². The molecule has 1 aliphatic carbocycles. The molecule has 41 heavy (non-hydrogen) atoms. The second-order valence-electron chi connectivity index (χ2n) is 10.5. The van der Waals surface area contributed by atoms with Gasteiger partial charge in [-0.15, -0.1) is 0 Å². The number of nitrogens with one attached hydrogen (secondary N) is 3. The number of rotatable bonds is 12.